The van der Waals surface area contributed by atoms with Crippen molar-refractivity contribution in [2.45, 2.75) is 13.1 Å². The highest BCUT2D eigenvalue weighted by Crippen LogP contribution is 2.11. The van der Waals surface area contributed by atoms with Crippen LogP contribution in [-0.4, -0.2) is 28.0 Å². The lowest BCUT2D eigenvalue weighted by Gasteiger charge is -2.08. The van der Waals surface area contributed by atoms with E-state index in [0.717, 1.165) is 16.9 Å². The Labute approximate surface area is 151 Å². The van der Waals surface area contributed by atoms with Crippen molar-refractivity contribution in [3.63, 3.8) is 0 Å². The van der Waals surface area contributed by atoms with E-state index in [9.17, 15) is 4.79 Å². The fourth-order valence-electron chi connectivity index (χ4n) is 2.29. The minimum atomic E-state index is -0.257. The fraction of sp³-hybridized carbons (Fsp3) is 0.158. The van der Waals surface area contributed by atoms with Gasteiger partial charge in [0.1, 0.15) is 23.6 Å². The van der Waals surface area contributed by atoms with Gasteiger partial charge in [0.2, 0.25) is 0 Å². The first-order valence-corrected chi connectivity index (χ1v) is 8.10. The van der Waals surface area contributed by atoms with Crippen molar-refractivity contribution in [2.24, 2.45) is 0 Å². The highest BCUT2D eigenvalue weighted by atomic mass is 16.5. The van der Waals surface area contributed by atoms with E-state index in [1.807, 2.05) is 36.4 Å². The van der Waals surface area contributed by atoms with Crippen LogP contribution in [0.2, 0.25) is 0 Å². The maximum Gasteiger partial charge on any atom is 0.270 e. The molecule has 0 atom stereocenters. The highest BCUT2D eigenvalue weighted by Gasteiger charge is 2.08. The third-order valence-electron chi connectivity index (χ3n) is 3.71. The average molecular weight is 349 g/mol. The van der Waals surface area contributed by atoms with E-state index in [0.29, 0.717) is 24.6 Å². The molecule has 0 unspecified atom stereocenters. The number of aromatic nitrogens is 3. The zero-order valence-electron chi connectivity index (χ0n) is 14.3. The second-order valence-corrected chi connectivity index (χ2v) is 5.53. The summed E-state index contributed by atoms with van der Waals surface area (Å²) in [6, 6.07) is 13.0. The smallest absolute Gasteiger partial charge is 0.270 e. The summed E-state index contributed by atoms with van der Waals surface area (Å²) in [4.78, 5) is 24.5. The quantitative estimate of drug-likeness (QED) is 0.681. The topological polar surface area (TPSA) is 89.0 Å². The monoisotopic (exact) mass is 349 g/mol. The summed E-state index contributed by atoms with van der Waals surface area (Å²) in [7, 11) is 1.62. The van der Waals surface area contributed by atoms with Crippen LogP contribution in [0.15, 0.2) is 61.2 Å². The molecule has 7 nitrogen and oxygen atoms in total. The fourth-order valence-corrected chi connectivity index (χ4v) is 2.29. The number of hydrogen-bond donors (Lipinski definition) is 2. The Bertz CT molecular complexity index is 853. The van der Waals surface area contributed by atoms with Gasteiger partial charge < -0.3 is 15.4 Å². The number of carbonyl (C=O) groups is 1. The predicted molar refractivity (Wildman–Crippen MR) is 97.8 cm³/mol. The van der Waals surface area contributed by atoms with E-state index < -0.39 is 0 Å². The van der Waals surface area contributed by atoms with Crippen molar-refractivity contribution < 1.29 is 9.53 Å². The van der Waals surface area contributed by atoms with E-state index in [-0.39, 0.29) is 5.91 Å². The van der Waals surface area contributed by atoms with Crippen LogP contribution in [0, 0.1) is 0 Å². The van der Waals surface area contributed by atoms with Crippen molar-refractivity contribution in [3.05, 3.63) is 78.0 Å². The van der Waals surface area contributed by atoms with Crippen LogP contribution in [0.25, 0.3) is 0 Å². The number of methoxy groups -OCH3 is 1. The van der Waals surface area contributed by atoms with Crippen molar-refractivity contribution in [1.29, 1.82) is 0 Å². The van der Waals surface area contributed by atoms with Gasteiger partial charge in [-0.25, -0.2) is 9.97 Å². The Morgan fingerprint density at radius 3 is 2.65 bits per heavy atom. The minimum Gasteiger partial charge on any atom is -0.497 e. The zero-order chi connectivity index (χ0) is 18.2. The Hall–Kier alpha value is -3.48. The molecule has 1 amide bonds. The lowest BCUT2D eigenvalue weighted by Crippen LogP contribution is -2.24. The predicted octanol–water partition coefficient (Wildman–Crippen LogP) is 2.42. The summed E-state index contributed by atoms with van der Waals surface area (Å²) in [5, 5.41) is 6.00. The van der Waals surface area contributed by atoms with E-state index in [2.05, 4.69) is 25.6 Å². The number of anilines is 1. The number of amides is 1. The van der Waals surface area contributed by atoms with Crippen LogP contribution in [0.3, 0.4) is 0 Å². The van der Waals surface area contributed by atoms with Crippen LogP contribution in [-0.2, 0) is 13.1 Å². The number of carbonyl (C=O) groups excluding carboxylic acids is 1. The van der Waals surface area contributed by atoms with Gasteiger partial charge in [0.15, 0.2) is 0 Å². The zero-order valence-corrected chi connectivity index (χ0v) is 14.3. The van der Waals surface area contributed by atoms with Gasteiger partial charge in [-0.1, -0.05) is 18.2 Å². The molecule has 0 bridgehead atoms. The molecule has 0 fully saturated rings. The van der Waals surface area contributed by atoms with Crippen molar-refractivity contribution in [1.82, 2.24) is 20.3 Å². The van der Waals surface area contributed by atoms with E-state index >= 15 is 0 Å². The molecular weight excluding hydrogens is 330 g/mol. The molecule has 7 heteroatoms. The lowest BCUT2D eigenvalue weighted by atomic mass is 10.2. The van der Waals surface area contributed by atoms with Gasteiger partial charge in [-0.2, -0.15) is 0 Å². The molecule has 132 valence electrons. The Morgan fingerprint density at radius 1 is 1.08 bits per heavy atom. The number of benzene rings is 1. The van der Waals surface area contributed by atoms with Gasteiger partial charge in [-0.3, -0.25) is 9.78 Å². The maximum absolute atomic E-state index is 12.3. The summed E-state index contributed by atoms with van der Waals surface area (Å²) in [6.07, 6.45) is 4.87. The third kappa shape index (κ3) is 4.76. The van der Waals surface area contributed by atoms with Gasteiger partial charge >= 0.3 is 0 Å². The van der Waals surface area contributed by atoms with E-state index in [1.165, 1.54) is 6.33 Å². The lowest BCUT2D eigenvalue weighted by molar-refractivity contribution is 0.0946. The summed E-state index contributed by atoms with van der Waals surface area (Å²) < 4.78 is 5.12. The molecule has 0 aliphatic heterocycles. The second-order valence-electron chi connectivity index (χ2n) is 5.53. The van der Waals surface area contributed by atoms with Crippen LogP contribution in [0.1, 0.15) is 21.6 Å². The number of nitrogens with one attached hydrogen (secondary N) is 2. The van der Waals surface area contributed by atoms with Gasteiger partial charge in [0.05, 0.1) is 7.11 Å². The summed E-state index contributed by atoms with van der Waals surface area (Å²) >= 11 is 0. The Morgan fingerprint density at radius 2 is 1.92 bits per heavy atom. The maximum atomic E-state index is 12.3. The molecule has 26 heavy (non-hydrogen) atoms. The number of pyridine rings is 1. The van der Waals surface area contributed by atoms with Crippen molar-refractivity contribution >= 4 is 11.7 Å². The summed E-state index contributed by atoms with van der Waals surface area (Å²) in [6.45, 7) is 0.975. The van der Waals surface area contributed by atoms with Crippen molar-refractivity contribution in [2.75, 3.05) is 12.4 Å². The molecule has 0 aliphatic rings. The average Bonchev–Trinajstić information content (AvgIpc) is 2.72. The number of ether oxygens (including phenoxy) is 1. The van der Waals surface area contributed by atoms with E-state index in [1.54, 1.807) is 25.6 Å². The molecule has 0 saturated carbocycles. The largest absolute Gasteiger partial charge is 0.497 e. The van der Waals surface area contributed by atoms with Gasteiger partial charge in [-0.15, -0.1) is 0 Å². The number of hydrogen-bond acceptors (Lipinski definition) is 6. The molecule has 0 aliphatic carbocycles. The van der Waals surface area contributed by atoms with Crippen LogP contribution in [0.5, 0.6) is 5.75 Å². The first-order valence-electron chi connectivity index (χ1n) is 8.10. The second kappa shape index (κ2) is 8.57. The number of nitrogens with zero attached hydrogens (tertiary/aromatic N) is 3. The Kier molecular flexibility index (Phi) is 5.72. The highest BCUT2D eigenvalue weighted by molar-refractivity contribution is 5.92. The molecule has 3 aromatic rings. The Balaban J connectivity index is 1.57. The van der Waals surface area contributed by atoms with Crippen molar-refractivity contribution in [3.8, 4) is 5.75 Å². The van der Waals surface area contributed by atoms with Crippen LogP contribution in [0.4, 0.5) is 5.82 Å². The first-order chi connectivity index (χ1) is 12.7. The molecule has 2 aromatic heterocycles. The third-order valence-corrected chi connectivity index (χ3v) is 3.71. The minimum absolute atomic E-state index is 0.257. The first kappa shape index (κ1) is 17.3. The van der Waals surface area contributed by atoms with Crippen LogP contribution >= 0.6 is 0 Å². The van der Waals surface area contributed by atoms with Gasteiger partial charge in [0, 0.05) is 31.5 Å². The standard InChI is InChI=1S/C19H19N5O2/c1-26-16-6-4-14(5-7-16)11-22-19(25)17-9-18(24-13-23-17)21-12-15-3-2-8-20-10-15/h2-10,13H,11-12H2,1H3,(H,22,25)(H,21,23,24). The summed E-state index contributed by atoms with van der Waals surface area (Å²) in [5.41, 5.74) is 2.31. The molecule has 2 N–H and O–H groups in total. The molecule has 1 aromatic carbocycles. The van der Waals surface area contributed by atoms with Crippen LogP contribution < -0.4 is 15.4 Å². The number of rotatable bonds is 7. The summed E-state index contributed by atoms with van der Waals surface area (Å²) in [5.74, 6) is 1.10. The van der Waals surface area contributed by atoms with Gasteiger partial charge in [-0.05, 0) is 29.3 Å². The normalized spacial score (nSPS) is 10.2. The van der Waals surface area contributed by atoms with Gasteiger partial charge in [0.25, 0.3) is 5.91 Å². The SMILES string of the molecule is COc1ccc(CNC(=O)c2cc(NCc3cccnc3)ncn2)cc1. The molecule has 0 saturated heterocycles. The molecule has 3 rings (SSSR count). The molecule has 2 heterocycles. The van der Waals surface area contributed by atoms with E-state index in [4.69, 9.17) is 4.74 Å². The molecule has 0 radical (unpaired) electrons. The molecule has 0 spiro atoms. The molecular formula is C19H19N5O2.